The molecule has 2 fully saturated rings. The van der Waals surface area contributed by atoms with Gasteiger partial charge in [-0.25, -0.2) is 4.39 Å². The molecule has 0 atom stereocenters. The van der Waals surface area contributed by atoms with E-state index >= 15 is 0 Å². The summed E-state index contributed by atoms with van der Waals surface area (Å²) in [5.74, 6) is 0.0271. The summed E-state index contributed by atoms with van der Waals surface area (Å²) in [4.78, 5) is 14.6. The van der Waals surface area contributed by atoms with Crippen molar-refractivity contribution in [2.24, 2.45) is 5.41 Å². The zero-order chi connectivity index (χ0) is 24.0. The maximum atomic E-state index is 14.6. The first-order chi connectivity index (χ1) is 17.0. The minimum absolute atomic E-state index is 0.0190. The van der Waals surface area contributed by atoms with Crippen molar-refractivity contribution in [1.82, 2.24) is 20.3 Å². The van der Waals surface area contributed by atoms with Crippen molar-refractivity contribution < 1.29 is 27.9 Å². The number of likely N-dealkylation sites (tertiary alicyclic amines) is 1. The summed E-state index contributed by atoms with van der Waals surface area (Å²) >= 11 is 0. The lowest BCUT2D eigenvalue weighted by atomic mass is 9.78. The van der Waals surface area contributed by atoms with Crippen LogP contribution in [-0.2, 0) is 9.47 Å². The van der Waals surface area contributed by atoms with Crippen LogP contribution in [0.2, 0.25) is 0 Å². The van der Waals surface area contributed by atoms with Crippen molar-refractivity contribution >= 4 is 16.8 Å². The molecule has 0 unspecified atom stereocenters. The van der Waals surface area contributed by atoms with Crippen molar-refractivity contribution in [1.29, 1.82) is 0 Å². The van der Waals surface area contributed by atoms with Crippen LogP contribution in [0.25, 0.3) is 33.6 Å². The van der Waals surface area contributed by atoms with Gasteiger partial charge in [0.1, 0.15) is 18.0 Å². The summed E-state index contributed by atoms with van der Waals surface area (Å²) in [6, 6.07) is 11.9. The molecule has 0 bridgehead atoms. The largest absolute Gasteiger partial charge is 0.488 e. The van der Waals surface area contributed by atoms with Crippen molar-refractivity contribution in [3.63, 3.8) is 0 Å². The first-order valence-electron chi connectivity index (χ1n) is 11.3. The highest BCUT2D eigenvalue weighted by Crippen LogP contribution is 2.38. The molecule has 1 amide bonds. The predicted molar refractivity (Wildman–Crippen MR) is 124 cm³/mol. The lowest BCUT2D eigenvalue weighted by Gasteiger charge is -2.54. The molecule has 2 aromatic carbocycles. The van der Waals surface area contributed by atoms with Gasteiger partial charge in [-0.15, -0.1) is 0 Å². The zero-order valence-electron chi connectivity index (χ0n) is 19.0. The number of hydrogen-bond donors (Lipinski definition) is 1. The molecular weight excluding hydrogens is 455 g/mol. The standard InChI is InChI=1S/C25H23FN4O5/c1-32-6-7-34-21-10-20-17(8-18(21)26)23(28-27-20)22-9-19(29-35-22)15-2-4-16(5-3-15)24(31)30-11-25(12-30)13-33-14-25/h2-5,8-10H,6-7,11-14H2,1H3,(H,27,28). The Morgan fingerprint density at radius 1 is 1.17 bits per heavy atom. The molecule has 4 aromatic rings. The Morgan fingerprint density at radius 2 is 1.97 bits per heavy atom. The summed E-state index contributed by atoms with van der Waals surface area (Å²) in [6.45, 7) is 3.58. The minimum Gasteiger partial charge on any atom is -0.488 e. The molecule has 0 saturated carbocycles. The molecule has 2 aromatic heterocycles. The summed E-state index contributed by atoms with van der Waals surface area (Å²) in [5, 5.41) is 11.9. The average Bonchev–Trinajstić information content (AvgIpc) is 3.44. The second-order valence-electron chi connectivity index (χ2n) is 9.05. The number of benzene rings is 2. The van der Waals surface area contributed by atoms with E-state index in [2.05, 4.69) is 15.4 Å². The smallest absolute Gasteiger partial charge is 0.253 e. The van der Waals surface area contributed by atoms with Crippen LogP contribution in [0.15, 0.2) is 47.0 Å². The lowest BCUT2D eigenvalue weighted by Crippen LogP contribution is -2.67. The number of amides is 1. The second-order valence-corrected chi connectivity index (χ2v) is 9.05. The Hall–Kier alpha value is -3.76. The highest BCUT2D eigenvalue weighted by atomic mass is 19.1. The fourth-order valence-corrected chi connectivity index (χ4v) is 4.52. The number of carbonyl (C=O) groups is 1. The third kappa shape index (κ3) is 3.84. The highest BCUT2D eigenvalue weighted by Gasteiger charge is 2.50. The number of carbonyl (C=O) groups excluding carboxylic acids is 1. The van der Waals surface area contributed by atoms with E-state index in [-0.39, 0.29) is 23.7 Å². The topological polar surface area (TPSA) is 103 Å². The highest BCUT2D eigenvalue weighted by molar-refractivity contribution is 5.95. The number of aromatic amines is 1. The van der Waals surface area contributed by atoms with Crippen LogP contribution in [0, 0.1) is 11.2 Å². The van der Waals surface area contributed by atoms with Gasteiger partial charge < -0.3 is 23.6 Å². The van der Waals surface area contributed by atoms with Gasteiger partial charge in [0.15, 0.2) is 17.3 Å². The van der Waals surface area contributed by atoms with Crippen LogP contribution in [0.1, 0.15) is 10.4 Å². The Kier molecular flexibility index (Phi) is 5.27. The molecule has 2 aliphatic heterocycles. The number of nitrogens with one attached hydrogen (secondary N) is 1. The van der Waals surface area contributed by atoms with Crippen LogP contribution in [0.3, 0.4) is 0 Å². The number of methoxy groups -OCH3 is 1. The van der Waals surface area contributed by atoms with E-state index in [0.717, 1.165) is 31.9 Å². The fourth-order valence-electron chi connectivity index (χ4n) is 4.52. The normalized spacial score (nSPS) is 16.3. The quantitative estimate of drug-likeness (QED) is 0.406. The monoisotopic (exact) mass is 478 g/mol. The lowest BCUT2D eigenvalue weighted by molar-refractivity contribution is -0.176. The van der Waals surface area contributed by atoms with Gasteiger partial charge in [-0.3, -0.25) is 9.89 Å². The Labute approximate surface area is 199 Å². The Bertz CT molecular complexity index is 1380. The fraction of sp³-hybridized carbons (Fsp3) is 0.320. The maximum Gasteiger partial charge on any atom is 0.253 e. The van der Waals surface area contributed by atoms with E-state index in [1.807, 2.05) is 17.0 Å². The van der Waals surface area contributed by atoms with Gasteiger partial charge in [0.05, 0.1) is 30.8 Å². The molecule has 4 heterocycles. The van der Waals surface area contributed by atoms with E-state index in [9.17, 15) is 9.18 Å². The molecule has 0 radical (unpaired) electrons. The summed E-state index contributed by atoms with van der Waals surface area (Å²) < 4.78 is 35.7. The van der Waals surface area contributed by atoms with Gasteiger partial charge in [-0.1, -0.05) is 17.3 Å². The van der Waals surface area contributed by atoms with E-state index < -0.39 is 5.82 Å². The van der Waals surface area contributed by atoms with Crippen LogP contribution >= 0.6 is 0 Å². The number of H-pyrrole nitrogens is 1. The van der Waals surface area contributed by atoms with Gasteiger partial charge in [0.2, 0.25) is 0 Å². The summed E-state index contributed by atoms with van der Waals surface area (Å²) in [7, 11) is 1.55. The number of fused-ring (bicyclic) bond motifs is 1. The average molecular weight is 478 g/mol. The maximum absolute atomic E-state index is 14.6. The van der Waals surface area contributed by atoms with Gasteiger partial charge in [-0.05, 0) is 18.2 Å². The van der Waals surface area contributed by atoms with Crippen LogP contribution in [0.5, 0.6) is 5.75 Å². The summed E-state index contributed by atoms with van der Waals surface area (Å²) in [5.41, 5.74) is 3.25. The molecule has 0 aliphatic carbocycles. The van der Waals surface area contributed by atoms with Gasteiger partial charge >= 0.3 is 0 Å². The number of rotatable bonds is 7. The van der Waals surface area contributed by atoms with Crippen molar-refractivity contribution in [3.8, 4) is 28.5 Å². The molecule has 35 heavy (non-hydrogen) atoms. The molecule has 2 aliphatic rings. The Balaban J connectivity index is 1.19. The van der Waals surface area contributed by atoms with Crippen molar-refractivity contribution in [3.05, 3.63) is 53.8 Å². The van der Waals surface area contributed by atoms with Crippen molar-refractivity contribution in [2.75, 3.05) is 46.6 Å². The third-order valence-electron chi connectivity index (χ3n) is 6.49. The molecule has 1 spiro atoms. The minimum atomic E-state index is -0.505. The molecular formula is C25H23FN4O5. The number of ether oxygens (including phenoxy) is 3. The van der Waals surface area contributed by atoms with E-state index in [1.54, 1.807) is 31.4 Å². The second kappa shape index (κ2) is 8.47. The SMILES string of the molecule is COCCOc1cc2[nH]nc(-c3cc(-c4ccc(C(=O)N5CC6(COC6)C5)cc4)no3)c2cc1F. The van der Waals surface area contributed by atoms with Crippen LogP contribution < -0.4 is 4.74 Å². The van der Waals surface area contributed by atoms with E-state index in [4.69, 9.17) is 18.7 Å². The molecule has 6 rings (SSSR count). The molecule has 180 valence electrons. The van der Waals surface area contributed by atoms with Gasteiger partial charge in [-0.2, -0.15) is 5.10 Å². The Morgan fingerprint density at radius 3 is 2.69 bits per heavy atom. The number of nitrogens with zero attached hydrogens (tertiary/aromatic N) is 3. The molecule has 1 N–H and O–H groups in total. The first-order valence-corrected chi connectivity index (χ1v) is 11.3. The van der Waals surface area contributed by atoms with Gasteiger partial charge in [0, 0.05) is 48.8 Å². The molecule has 9 nitrogen and oxygen atoms in total. The van der Waals surface area contributed by atoms with Gasteiger partial charge in [0.25, 0.3) is 5.91 Å². The van der Waals surface area contributed by atoms with E-state index in [0.29, 0.717) is 40.2 Å². The van der Waals surface area contributed by atoms with E-state index in [1.165, 1.54) is 6.07 Å². The van der Waals surface area contributed by atoms with Crippen LogP contribution in [-0.4, -0.2) is 72.8 Å². The zero-order valence-corrected chi connectivity index (χ0v) is 19.0. The number of halogens is 1. The molecule has 10 heteroatoms. The molecule has 2 saturated heterocycles. The van der Waals surface area contributed by atoms with Crippen molar-refractivity contribution in [2.45, 2.75) is 0 Å². The first kappa shape index (κ1) is 21.8. The van der Waals surface area contributed by atoms with Crippen LogP contribution in [0.4, 0.5) is 4.39 Å². The third-order valence-corrected chi connectivity index (χ3v) is 6.49. The number of hydrogen-bond acceptors (Lipinski definition) is 7. The predicted octanol–water partition coefficient (Wildman–Crippen LogP) is 3.52. The summed E-state index contributed by atoms with van der Waals surface area (Å²) in [6.07, 6.45) is 0. The number of aromatic nitrogens is 3.